The number of anilines is 2. The number of nitrogens with one attached hydrogen (secondary N) is 1. The zero-order valence-corrected chi connectivity index (χ0v) is 20.5. The van der Waals surface area contributed by atoms with E-state index >= 15 is 0 Å². The van der Waals surface area contributed by atoms with E-state index < -0.39 is 0 Å². The van der Waals surface area contributed by atoms with Crippen LogP contribution in [0, 0.1) is 0 Å². The predicted octanol–water partition coefficient (Wildman–Crippen LogP) is 5.51. The number of hydrogen-bond acceptors (Lipinski definition) is 7. The Bertz CT molecular complexity index is 1160. The molecular formula is C28H30N4O3. The van der Waals surface area contributed by atoms with Gasteiger partial charge in [-0.25, -0.2) is 9.97 Å². The Morgan fingerprint density at radius 2 is 1.17 bits per heavy atom. The molecule has 7 heteroatoms. The number of hydrogen-bond donors (Lipinski definition) is 1. The maximum atomic E-state index is 5.79. The molecule has 35 heavy (non-hydrogen) atoms. The molecule has 0 saturated carbocycles. The van der Waals surface area contributed by atoms with E-state index in [0.717, 1.165) is 52.0 Å². The van der Waals surface area contributed by atoms with E-state index in [1.165, 1.54) is 0 Å². The van der Waals surface area contributed by atoms with E-state index in [-0.39, 0.29) is 0 Å². The summed E-state index contributed by atoms with van der Waals surface area (Å²) < 4.78 is 16.4. The van der Waals surface area contributed by atoms with Gasteiger partial charge in [-0.15, -0.1) is 0 Å². The molecule has 0 unspecified atom stereocenters. The molecule has 0 spiro atoms. The summed E-state index contributed by atoms with van der Waals surface area (Å²) in [5, 5.41) is 3.34. The van der Waals surface area contributed by atoms with Gasteiger partial charge in [-0.2, -0.15) is 0 Å². The summed E-state index contributed by atoms with van der Waals surface area (Å²) in [6, 6.07) is 25.4. The quantitative estimate of drug-likeness (QED) is 0.328. The molecule has 1 heterocycles. The summed E-state index contributed by atoms with van der Waals surface area (Å²) in [6.45, 7) is 1.50. The highest BCUT2D eigenvalue weighted by atomic mass is 16.5. The number of benzene rings is 3. The molecule has 1 N–H and O–H groups in total. The Labute approximate surface area is 206 Å². The lowest BCUT2D eigenvalue weighted by Gasteiger charge is -2.13. The van der Waals surface area contributed by atoms with Gasteiger partial charge in [0, 0.05) is 23.4 Å². The highest BCUT2D eigenvalue weighted by Gasteiger charge is 2.10. The molecule has 0 saturated heterocycles. The molecule has 180 valence electrons. The van der Waals surface area contributed by atoms with Gasteiger partial charge in [-0.1, -0.05) is 0 Å². The third kappa shape index (κ3) is 6.49. The van der Waals surface area contributed by atoms with Crippen molar-refractivity contribution in [1.29, 1.82) is 0 Å². The highest BCUT2D eigenvalue weighted by Crippen LogP contribution is 2.29. The molecule has 0 aliphatic heterocycles. The molecule has 4 rings (SSSR count). The Morgan fingerprint density at radius 1 is 0.686 bits per heavy atom. The first kappa shape index (κ1) is 24.0. The van der Waals surface area contributed by atoms with Crippen molar-refractivity contribution in [2.24, 2.45) is 0 Å². The first-order valence-electron chi connectivity index (χ1n) is 11.4. The van der Waals surface area contributed by atoms with E-state index in [9.17, 15) is 0 Å². The van der Waals surface area contributed by atoms with Crippen LogP contribution in [0.4, 0.5) is 11.6 Å². The highest BCUT2D eigenvalue weighted by molar-refractivity contribution is 5.71. The zero-order valence-electron chi connectivity index (χ0n) is 20.5. The fraction of sp³-hybridized carbons (Fsp3) is 0.214. The van der Waals surface area contributed by atoms with E-state index in [4.69, 9.17) is 24.2 Å². The third-order valence-electron chi connectivity index (χ3n) is 5.42. The van der Waals surface area contributed by atoms with Gasteiger partial charge in [0.2, 0.25) is 5.95 Å². The number of aromatic nitrogens is 2. The van der Waals surface area contributed by atoms with Crippen molar-refractivity contribution in [3.05, 3.63) is 78.9 Å². The molecule has 0 bridgehead atoms. The molecule has 0 fully saturated rings. The van der Waals surface area contributed by atoms with Gasteiger partial charge in [0.05, 0.1) is 25.6 Å². The van der Waals surface area contributed by atoms with Gasteiger partial charge in [0.15, 0.2) is 0 Å². The first-order chi connectivity index (χ1) is 17.0. The molecule has 7 nitrogen and oxygen atoms in total. The van der Waals surface area contributed by atoms with Gasteiger partial charge in [-0.05, 0) is 93.0 Å². The minimum absolute atomic E-state index is 0.505. The van der Waals surface area contributed by atoms with Crippen LogP contribution in [0.3, 0.4) is 0 Å². The van der Waals surface area contributed by atoms with Crippen LogP contribution in [0.15, 0.2) is 78.9 Å². The molecule has 4 aromatic rings. The standard InChI is InChI=1S/C28H30N4O3/c1-32(2)17-18-35-25-15-9-22(10-16-25)29-28-30-26(20-5-11-23(33-3)12-6-20)19-27(31-28)21-7-13-24(34-4)14-8-21/h5-16,19H,17-18H2,1-4H3,(H,29,30,31). The summed E-state index contributed by atoms with van der Waals surface area (Å²) >= 11 is 0. The molecule has 0 amide bonds. The maximum Gasteiger partial charge on any atom is 0.228 e. The lowest BCUT2D eigenvalue weighted by Crippen LogP contribution is -2.19. The van der Waals surface area contributed by atoms with Crippen molar-refractivity contribution in [1.82, 2.24) is 14.9 Å². The molecular weight excluding hydrogens is 440 g/mol. The minimum atomic E-state index is 0.505. The van der Waals surface area contributed by atoms with Crippen molar-refractivity contribution < 1.29 is 14.2 Å². The second-order valence-electron chi connectivity index (χ2n) is 8.22. The van der Waals surface area contributed by atoms with Gasteiger partial charge in [-0.3, -0.25) is 0 Å². The van der Waals surface area contributed by atoms with Crippen molar-refractivity contribution in [2.45, 2.75) is 0 Å². The molecule has 0 aliphatic rings. The molecule has 0 radical (unpaired) electrons. The summed E-state index contributed by atoms with van der Waals surface area (Å²) in [4.78, 5) is 11.6. The molecule has 0 atom stereocenters. The van der Waals surface area contributed by atoms with Crippen LogP contribution in [-0.4, -0.2) is 56.3 Å². The Hall–Kier alpha value is -4.10. The van der Waals surface area contributed by atoms with Crippen LogP contribution >= 0.6 is 0 Å². The fourth-order valence-electron chi connectivity index (χ4n) is 3.43. The van der Waals surface area contributed by atoms with Gasteiger partial charge < -0.3 is 24.4 Å². The van der Waals surface area contributed by atoms with Crippen LogP contribution in [0.25, 0.3) is 22.5 Å². The number of rotatable bonds is 10. The number of nitrogens with zero attached hydrogens (tertiary/aromatic N) is 3. The van der Waals surface area contributed by atoms with Crippen molar-refractivity contribution in [2.75, 3.05) is 46.8 Å². The van der Waals surface area contributed by atoms with Gasteiger partial charge >= 0.3 is 0 Å². The topological polar surface area (TPSA) is 68.7 Å². The Balaban J connectivity index is 1.62. The Morgan fingerprint density at radius 3 is 1.63 bits per heavy atom. The maximum absolute atomic E-state index is 5.79. The zero-order chi connectivity index (χ0) is 24.6. The summed E-state index contributed by atoms with van der Waals surface area (Å²) in [5.41, 5.74) is 4.42. The fourth-order valence-corrected chi connectivity index (χ4v) is 3.43. The van der Waals surface area contributed by atoms with Crippen molar-refractivity contribution in [3.8, 4) is 39.8 Å². The van der Waals surface area contributed by atoms with Crippen LogP contribution in [0.5, 0.6) is 17.2 Å². The number of methoxy groups -OCH3 is 2. The number of ether oxygens (including phenoxy) is 3. The minimum Gasteiger partial charge on any atom is -0.497 e. The Kier molecular flexibility index (Phi) is 7.80. The van der Waals surface area contributed by atoms with Crippen molar-refractivity contribution in [3.63, 3.8) is 0 Å². The molecule has 3 aromatic carbocycles. The third-order valence-corrected chi connectivity index (χ3v) is 5.42. The van der Waals surface area contributed by atoms with Crippen molar-refractivity contribution >= 4 is 11.6 Å². The van der Waals surface area contributed by atoms with E-state index in [1.54, 1.807) is 14.2 Å². The normalized spacial score (nSPS) is 10.8. The largest absolute Gasteiger partial charge is 0.497 e. The summed E-state index contributed by atoms with van der Waals surface area (Å²) in [6.07, 6.45) is 0. The predicted molar refractivity (Wildman–Crippen MR) is 140 cm³/mol. The first-order valence-corrected chi connectivity index (χ1v) is 11.4. The van der Waals surface area contributed by atoms with Crippen LogP contribution < -0.4 is 19.5 Å². The second-order valence-corrected chi connectivity index (χ2v) is 8.22. The molecule has 0 aliphatic carbocycles. The lowest BCUT2D eigenvalue weighted by molar-refractivity contribution is 0.261. The smallest absolute Gasteiger partial charge is 0.228 e. The SMILES string of the molecule is COc1ccc(-c2cc(-c3ccc(OC)cc3)nc(Nc3ccc(OCCN(C)C)cc3)n2)cc1. The van der Waals surface area contributed by atoms with Gasteiger partial charge in [0.1, 0.15) is 23.9 Å². The average Bonchev–Trinajstić information content (AvgIpc) is 2.89. The summed E-state index contributed by atoms with van der Waals surface area (Å²) in [5.74, 6) is 2.92. The van der Waals surface area contributed by atoms with Crippen LogP contribution in [0.2, 0.25) is 0 Å². The average molecular weight is 471 g/mol. The van der Waals surface area contributed by atoms with Crippen LogP contribution in [-0.2, 0) is 0 Å². The number of likely N-dealkylation sites (N-methyl/N-ethyl adjacent to an activating group) is 1. The second kappa shape index (κ2) is 11.4. The van der Waals surface area contributed by atoms with E-state index in [0.29, 0.717) is 12.6 Å². The van der Waals surface area contributed by atoms with E-state index in [2.05, 4.69) is 10.2 Å². The van der Waals surface area contributed by atoms with Gasteiger partial charge in [0.25, 0.3) is 0 Å². The van der Waals surface area contributed by atoms with E-state index in [1.807, 2.05) is 93.0 Å². The lowest BCUT2D eigenvalue weighted by atomic mass is 10.1. The molecule has 1 aromatic heterocycles. The van der Waals surface area contributed by atoms with Crippen LogP contribution in [0.1, 0.15) is 0 Å². The summed E-state index contributed by atoms with van der Waals surface area (Å²) in [7, 11) is 7.36. The monoisotopic (exact) mass is 470 g/mol.